The average molecular weight is 353 g/mol. The van der Waals surface area contributed by atoms with Gasteiger partial charge < -0.3 is 0 Å². The minimum atomic E-state index is 0.677. The van der Waals surface area contributed by atoms with Crippen LogP contribution in [0.25, 0.3) is 22.5 Å². The Labute approximate surface area is 160 Å². The average Bonchev–Trinajstić information content (AvgIpc) is 2.98. The van der Waals surface area contributed by atoms with Crippen LogP contribution in [0.5, 0.6) is 0 Å². The van der Waals surface area contributed by atoms with Gasteiger partial charge in [0.05, 0.1) is 0 Å². The zero-order valence-electron chi connectivity index (χ0n) is 15.8. The van der Waals surface area contributed by atoms with Gasteiger partial charge in [-0.15, -0.1) is 0 Å². The number of aromatic nitrogens is 3. The molecule has 0 radical (unpaired) electrons. The van der Waals surface area contributed by atoms with Crippen molar-refractivity contribution in [3.63, 3.8) is 0 Å². The number of nitrogens with zero attached hydrogens (tertiary/aromatic N) is 3. The summed E-state index contributed by atoms with van der Waals surface area (Å²) in [6, 6.07) is 10.0. The molecule has 0 amide bonds. The van der Waals surface area contributed by atoms with Gasteiger partial charge in [-0.05, 0) is 25.8 Å². The quantitative estimate of drug-likeness (QED) is 0.621. The lowest BCUT2D eigenvalue weighted by Crippen LogP contribution is -2.04. The Bertz CT molecular complexity index is 974. The highest BCUT2D eigenvalue weighted by Gasteiger charge is 2.12. The van der Waals surface area contributed by atoms with Gasteiger partial charge in [-0.3, -0.25) is 0 Å². The summed E-state index contributed by atoms with van der Waals surface area (Å²) < 4.78 is 0. The van der Waals surface area contributed by atoms with Crippen molar-refractivity contribution < 1.29 is 0 Å². The normalized spacial score (nSPS) is 14.7. The number of rotatable bonds is 5. The summed E-state index contributed by atoms with van der Waals surface area (Å²) in [5.74, 6) is 2.04. The molecule has 1 aliphatic carbocycles. The van der Waals surface area contributed by atoms with Crippen LogP contribution in [0.1, 0.15) is 31.9 Å². The molecule has 0 atom stereocenters. The number of allylic oxidation sites excluding steroid dienone is 11. The maximum Gasteiger partial charge on any atom is 0.164 e. The molecule has 3 rings (SSSR count). The first-order valence-electron chi connectivity index (χ1n) is 9.00. The first-order chi connectivity index (χ1) is 13.2. The van der Waals surface area contributed by atoms with Crippen LogP contribution in [0.4, 0.5) is 0 Å². The fourth-order valence-corrected chi connectivity index (χ4v) is 2.77. The maximum absolute atomic E-state index is 4.74. The fraction of sp³-hybridized carbons (Fsp3) is 0.125. The van der Waals surface area contributed by atoms with Crippen LogP contribution in [0, 0.1) is 0 Å². The van der Waals surface area contributed by atoms with Crippen molar-refractivity contribution in [3.05, 3.63) is 103 Å². The Morgan fingerprint density at radius 2 is 1.78 bits per heavy atom. The van der Waals surface area contributed by atoms with E-state index in [2.05, 4.69) is 30.9 Å². The van der Waals surface area contributed by atoms with E-state index in [9.17, 15) is 0 Å². The highest BCUT2D eigenvalue weighted by molar-refractivity contribution is 5.74. The van der Waals surface area contributed by atoms with Crippen LogP contribution in [-0.4, -0.2) is 15.0 Å². The molecule has 0 fully saturated rings. The topological polar surface area (TPSA) is 38.7 Å². The van der Waals surface area contributed by atoms with Gasteiger partial charge in [0.2, 0.25) is 0 Å². The molecule has 1 heterocycles. The SMILES string of the molecule is C=C/C=C(C)\C=C(/C)c1nc(C2=CC=CCC=C2)nc(-c2ccccc2)n1. The Balaban J connectivity index is 2.14. The molecule has 1 aromatic carbocycles. The first kappa shape index (κ1) is 18.5. The lowest BCUT2D eigenvalue weighted by atomic mass is 10.1. The summed E-state index contributed by atoms with van der Waals surface area (Å²) in [5, 5.41) is 0. The predicted molar refractivity (Wildman–Crippen MR) is 114 cm³/mol. The molecule has 1 aliphatic rings. The largest absolute Gasteiger partial charge is 0.209 e. The third-order valence-corrected chi connectivity index (χ3v) is 4.08. The Kier molecular flexibility index (Phi) is 6.06. The van der Waals surface area contributed by atoms with Crippen molar-refractivity contribution >= 4 is 11.1 Å². The smallest absolute Gasteiger partial charge is 0.164 e. The van der Waals surface area contributed by atoms with Gasteiger partial charge in [0.1, 0.15) is 0 Å². The second-order valence-corrected chi connectivity index (χ2v) is 6.33. The zero-order chi connectivity index (χ0) is 19.1. The van der Waals surface area contributed by atoms with Crippen LogP contribution >= 0.6 is 0 Å². The molecular weight excluding hydrogens is 330 g/mol. The van der Waals surface area contributed by atoms with Crippen molar-refractivity contribution in [1.82, 2.24) is 15.0 Å². The summed E-state index contributed by atoms with van der Waals surface area (Å²) in [7, 11) is 0. The van der Waals surface area contributed by atoms with E-state index < -0.39 is 0 Å². The lowest BCUT2D eigenvalue weighted by molar-refractivity contribution is 0.998. The molecule has 27 heavy (non-hydrogen) atoms. The van der Waals surface area contributed by atoms with Crippen LogP contribution in [-0.2, 0) is 0 Å². The molecule has 0 bridgehead atoms. The summed E-state index contributed by atoms with van der Waals surface area (Å²) in [5.41, 5.74) is 4.04. The summed E-state index contributed by atoms with van der Waals surface area (Å²) in [6.45, 7) is 7.80. The highest BCUT2D eigenvalue weighted by atomic mass is 15.0. The zero-order valence-corrected chi connectivity index (χ0v) is 15.8. The molecule has 1 aromatic heterocycles. The minimum Gasteiger partial charge on any atom is -0.209 e. The maximum atomic E-state index is 4.74. The van der Waals surface area contributed by atoms with Crippen molar-refractivity contribution in [2.45, 2.75) is 20.3 Å². The number of hydrogen-bond donors (Lipinski definition) is 0. The van der Waals surface area contributed by atoms with Gasteiger partial charge in [0.25, 0.3) is 0 Å². The van der Waals surface area contributed by atoms with Crippen molar-refractivity contribution in [2.75, 3.05) is 0 Å². The lowest BCUT2D eigenvalue weighted by Gasteiger charge is -2.09. The second kappa shape index (κ2) is 8.86. The van der Waals surface area contributed by atoms with E-state index in [1.807, 2.05) is 62.4 Å². The van der Waals surface area contributed by atoms with Crippen molar-refractivity contribution in [2.24, 2.45) is 0 Å². The van der Waals surface area contributed by atoms with Crippen molar-refractivity contribution in [1.29, 1.82) is 0 Å². The molecule has 0 saturated heterocycles. The molecule has 0 unspecified atom stereocenters. The van der Waals surface area contributed by atoms with Gasteiger partial charge in [0, 0.05) is 11.1 Å². The molecule has 3 heteroatoms. The Morgan fingerprint density at radius 1 is 1.00 bits per heavy atom. The van der Waals surface area contributed by atoms with E-state index in [-0.39, 0.29) is 0 Å². The van der Waals surface area contributed by atoms with Crippen LogP contribution in [0.3, 0.4) is 0 Å². The highest BCUT2D eigenvalue weighted by Crippen LogP contribution is 2.22. The van der Waals surface area contributed by atoms with E-state index in [0.717, 1.165) is 28.7 Å². The Morgan fingerprint density at radius 3 is 2.56 bits per heavy atom. The summed E-state index contributed by atoms with van der Waals surface area (Å²) in [6.07, 6.45) is 17.1. The fourth-order valence-electron chi connectivity index (χ4n) is 2.77. The summed E-state index contributed by atoms with van der Waals surface area (Å²) in [4.78, 5) is 14.2. The molecule has 3 nitrogen and oxygen atoms in total. The van der Waals surface area contributed by atoms with E-state index >= 15 is 0 Å². The predicted octanol–water partition coefficient (Wildman–Crippen LogP) is 5.97. The van der Waals surface area contributed by atoms with Gasteiger partial charge in [-0.25, -0.2) is 15.0 Å². The molecule has 0 saturated carbocycles. The minimum absolute atomic E-state index is 0.677. The second-order valence-electron chi connectivity index (χ2n) is 6.33. The van der Waals surface area contributed by atoms with Crippen molar-refractivity contribution in [3.8, 4) is 11.4 Å². The monoisotopic (exact) mass is 353 g/mol. The number of hydrogen-bond acceptors (Lipinski definition) is 3. The molecule has 134 valence electrons. The standard InChI is InChI=1S/C24H23N3/c1-4-12-18(2)17-19(3)22-25-23(20-13-8-5-6-9-14-20)27-24(26-22)21-15-10-7-11-16-21/h4-5,7-17H,1,6H2,2-3H3/b18-12-,19-17+. The van der Waals surface area contributed by atoms with Gasteiger partial charge >= 0.3 is 0 Å². The molecule has 0 aliphatic heterocycles. The van der Waals surface area contributed by atoms with Crippen LogP contribution in [0.2, 0.25) is 0 Å². The van der Waals surface area contributed by atoms with E-state index in [1.165, 1.54) is 0 Å². The van der Waals surface area contributed by atoms with E-state index in [4.69, 9.17) is 15.0 Å². The molecular formula is C24H23N3. The van der Waals surface area contributed by atoms with Gasteiger partial charge in [-0.2, -0.15) is 0 Å². The van der Waals surface area contributed by atoms with Gasteiger partial charge in [0.15, 0.2) is 17.5 Å². The third kappa shape index (κ3) is 4.85. The number of benzene rings is 1. The molecule has 0 spiro atoms. The molecule has 0 N–H and O–H groups in total. The van der Waals surface area contributed by atoms with E-state index in [1.54, 1.807) is 6.08 Å². The summed E-state index contributed by atoms with van der Waals surface area (Å²) >= 11 is 0. The van der Waals surface area contributed by atoms with E-state index in [0.29, 0.717) is 17.5 Å². The Hall–Kier alpha value is -3.33. The first-order valence-corrected chi connectivity index (χ1v) is 9.00. The molecule has 2 aromatic rings. The van der Waals surface area contributed by atoms with Crippen LogP contribution < -0.4 is 0 Å². The third-order valence-electron chi connectivity index (χ3n) is 4.08. The van der Waals surface area contributed by atoms with Gasteiger partial charge in [-0.1, -0.05) is 91.1 Å². The van der Waals surface area contributed by atoms with Crippen LogP contribution in [0.15, 0.2) is 91.1 Å².